The summed E-state index contributed by atoms with van der Waals surface area (Å²) in [5.41, 5.74) is 11.2. The van der Waals surface area contributed by atoms with E-state index in [4.69, 9.17) is 20.9 Å². The average molecular weight is 381 g/mol. The lowest BCUT2D eigenvalue weighted by molar-refractivity contribution is -0.126. The van der Waals surface area contributed by atoms with Crippen LogP contribution in [0.15, 0.2) is 16.8 Å². The Kier molecular flexibility index (Phi) is 8.05. The fourth-order valence-corrected chi connectivity index (χ4v) is 3.93. The summed E-state index contributed by atoms with van der Waals surface area (Å²) in [6, 6.07) is -0.888. The number of aliphatic imine (C=N–C) groups is 1. The van der Waals surface area contributed by atoms with Crippen molar-refractivity contribution in [2.24, 2.45) is 22.4 Å². The van der Waals surface area contributed by atoms with Crippen molar-refractivity contribution in [1.82, 2.24) is 10.2 Å². The van der Waals surface area contributed by atoms with Gasteiger partial charge in [0.05, 0.1) is 24.7 Å². The van der Waals surface area contributed by atoms with Gasteiger partial charge in [-0.25, -0.2) is 4.99 Å². The molecule has 1 aliphatic heterocycles. The second kappa shape index (κ2) is 10.3. The molecular weight excluding hydrogens is 350 g/mol. The second-order valence-corrected chi connectivity index (χ2v) is 7.05. The van der Waals surface area contributed by atoms with Gasteiger partial charge in [-0.2, -0.15) is 0 Å². The molecule has 2 rings (SSSR count). The molecule has 5 N–H and O–H groups in total. The number of carbonyl (C=O) groups excluding carboxylic acids is 2. The van der Waals surface area contributed by atoms with Crippen molar-refractivity contribution < 1.29 is 19.1 Å². The van der Waals surface area contributed by atoms with Gasteiger partial charge >= 0.3 is 0 Å². The highest BCUT2D eigenvalue weighted by molar-refractivity contribution is 5.76. The number of likely N-dealkylation sites (tertiary alicyclic amines) is 1. The number of piperidine rings is 1. The molecule has 1 amide bonds. The van der Waals surface area contributed by atoms with Gasteiger partial charge in [-0.15, -0.1) is 0 Å². The minimum absolute atomic E-state index is 0.0608. The summed E-state index contributed by atoms with van der Waals surface area (Å²) in [5.74, 6) is 0.716. The number of ether oxygens (including phenoxy) is 2. The van der Waals surface area contributed by atoms with Gasteiger partial charge in [0.15, 0.2) is 5.96 Å². The van der Waals surface area contributed by atoms with Crippen molar-refractivity contribution in [1.29, 1.82) is 0 Å². The summed E-state index contributed by atoms with van der Waals surface area (Å²) in [4.78, 5) is 29.3. The van der Waals surface area contributed by atoms with Crippen LogP contribution < -0.4 is 16.8 Å². The molecule has 152 valence electrons. The SMILES string of the molecule is CCOC[C@@H]1CCCN([C@@H]2C=C(OC=O)C[C@H](N=C(N)N)[C@H]2NC(C)=O)C1. The van der Waals surface area contributed by atoms with E-state index in [1.165, 1.54) is 6.92 Å². The molecular formula is C18H31N5O4. The Balaban J connectivity index is 2.28. The van der Waals surface area contributed by atoms with Crippen LogP contribution in [0.25, 0.3) is 0 Å². The van der Waals surface area contributed by atoms with Crippen LogP contribution >= 0.6 is 0 Å². The second-order valence-electron chi connectivity index (χ2n) is 7.05. The van der Waals surface area contributed by atoms with E-state index < -0.39 is 6.04 Å². The highest BCUT2D eigenvalue weighted by atomic mass is 16.5. The molecule has 1 aliphatic carbocycles. The van der Waals surface area contributed by atoms with Crippen molar-refractivity contribution in [3.05, 3.63) is 11.8 Å². The Morgan fingerprint density at radius 1 is 1.48 bits per heavy atom. The summed E-state index contributed by atoms with van der Waals surface area (Å²) in [5, 5.41) is 2.99. The summed E-state index contributed by atoms with van der Waals surface area (Å²) >= 11 is 0. The smallest absolute Gasteiger partial charge is 0.298 e. The third kappa shape index (κ3) is 6.21. The zero-order chi connectivity index (χ0) is 19.8. The van der Waals surface area contributed by atoms with Crippen molar-refractivity contribution in [3.8, 4) is 0 Å². The minimum atomic E-state index is -0.406. The van der Waals surface area contributed by atoms with Crippen LogP contribution in [0.3, 0.4) is 0 Å². The molecule has 2 aliphatic rings. The number of nitrogens with two attached hydrogens (primary N) is 2. The van der Waals surface area contributed by atoms with Gasteiger partial charge in [0, 0.05) is 26.5 Å². The van der Waals surface area contributed by atoms with E-state index in [9.17, 15) is 9.59 Å². The van der Waals surface area contributed by atoms with Crippen molar-refractivity contribution in [3.63, 3.8) is 0 Å². The number of hydrogen-bond acceptors (Lipinski definition) is 6. The Hall–Kier alpha value is -2.13. The topological polar surface area (TPSA) is 132 Å². The first-order chi connectivity index (χ1) is 12.9. The number of nitrogens with zero attached hydrogens (tertiary/aromatic N) is 2. The highest BCUT2D eigenvalue weighted by Gasteiger charge is 2.39. The quantitative estimate of drug-likeness (QED) is 0.299. The van der Waals surface area contributed by atoms with Gasteiger partial charge in [0.2, 0.25) is 5.91 Å². The van der Waals surface area contributed by atoms with E-state index in [2.05, 4.69) is 15.2 Å². The standard InChI is InChI=1S/C18H31N5O4/c1-3-26-10-13-5-4-6-23(9-13)16-8-14(27-11-24)7-15(22-18(19)20)17(16)21-12(2)25/h8,11,13,15-17H,3-7,9-10H2,1-2H3,(H,21,25)(H4,19,20,22)/t13-,15+,16-,17-/m1/s1. The van der Waals surface area contributed by atoms with E-state index in [1.54, 1.807) is 0 Å². The van der Waals surface area contributed by atoms with Crippen LogP contribution in [0, 0.1) is 5.92 Å². The van der Waals surface area contributed by atoms with E-state index in [1.807, 2.05) is 13.0 Å². The van der Waals surface area contributed by atoms with E-state index in [0.717, 1.165) is 25.9 Å². The van der Waals surface area contributed by atoms with Crippen LogP contribution in [0.1, 0.15) is 33.1 Å². The van der Waals surface area contributed by atoms with Gasteiger partial charge in [-0.05, 0) is 38.3 Å². The molecule has 9 heteroatoms. The predicted molar refractivity (Wildman–Crippen MR) is 102 cm³/mol. The molecule has 27 heavy (non-hydrogen) atoms. The van der Waals surface area contributed by atoms with Gasteiger partial charge in [-0.1, -0.05) is 0 Å². The van der Waals surface area contributed by atoms with E-state index >= 15 is 0 Å². The largest absolute Gasteiger partial charge is 0.433 e. The summed E-state index contributed by atoms with van der Waals surface area (Å²) in [6.45, 7) is 6.98. The molecule has 4 atom stereocenters. The number of rotatable bonds is 8. The predicted octanol–water partition coefficient (Wildman–Crippen LogP) is -0.289. The summed E-state index contributed by atoms with van der Waals surface area (Å²) in [6.07, 6.45) is 4.38. The fraction of sp³-hybridized carbons (Fsp3) is 0.722. The summed E-state index contributed by atoms with van der Waals surface area (Å²) < 4.78 is 10.7. The lowest BCUT2D eigenvalue weighted by atomic mass is 9.87. The number of carbonyl (C=O) groups is 2. The van der Waals surface area contributed by atoms with E-state index in [0.29, 0.717) is 37.8 Å². The molecule has 0 bridgehead atoms. The van der Waals surface area contributed by atoms with Crippen LogP contribution in [0.4, 0.5) is 0 Å². The lowest BCUT2D eigenvalue weighted by Crippen LogP contribution is -2.59. The lowest BCUT2D eigenvalue weighted by Gasteiger charge is -2.44. The van der Waals surface area contributed by atoms with Crippen LogP contribution in [0.5, 0.6) is 0 Å². The molecule has 0 saturated carbocycles. The van der Waals surface area contributed by atoms with Gasteiger partial charge in [0.1, 0.15) is 5.76 Å². The molecule has 0 aromatic carbocycles. The monoisotopic (exact) mass is 381 g/mol. The maximum atomic E-state index is 11.8. The molecule has 1 saturated heterocycles. The Labute approximate surface area is 160 Å². The number of amides is 1. The normalized spacial score (nSPS) is 28.7. The third-order valence-electron chi connectivity index (χ3n) is 4.96. The fourth-order valence-electron chi connectivity index (χ4n) is 3.93. The number of nitrogens with one attached hydrogen (secondary N) is 1. The van der Waals surface area contributed by atoms with Crippen LogP contribution in [0.2, 0.25) is 0 Å². The average Bonchev–Trinajstić information content (AvgIpc) is 2.61. The molecule has 0 aromatic heterocycles. The molecule has 1 fully saturated rings. The van der Waals surface area contributed by atoms with E-state index in [-0.39, 0.29) is 24.0 Å². The van der Waals surface area contributed by atoms with Gasteiger partial charge in [0.25, 0.3) is 6.47 Å². The molecule has 0 unspecified atom stereocenters. The molecule has 0 spiro atoms. The summed E-state index contributed by atoms with van der Waals surface area (Å²) in [7, 11) is 0. The third-order valence-corrected chi connectivity index (χ3v) is 4.96. The first kappa shape index (κ1) is 21.2. The molecule has 1 heterocycles. The van der Waals surface area contributed by atoms with Crippen molar-refractivity contribution >= 4 is 18.3 Å². The first-order valence-electron chi connectivity index (χ1n) is 9.43. The zero-order valence-corrected chi connectivity index (χ0v) is 16.1. The Bertz CT molecular complexity index is 576. The van der Waals surface area contributed by atoms with Crippen molar-refractivity contribution in [2.45, 2.75) is 51.2 Å². The highest BCUT2D eigenvalue weighted by Crippen LogP contribution is 2.29. The zero-order valence-electron chi connectivity index (χ0n) is 16.1. The molecule has 9 nitrogen and oxygen atoms in total. The number of hydrogen-bond donors (Lipinski definition) is 3. The molecule has 0 aromatic rings. The first-order valence-corrected chi connectivity index (χ1v) is 9.43. The van der Waals surface area contributed by atoms with Crippen LogP contribution in [-0.4, -0.2) is 67.7 Å². The number of guanidine groups is 1. The maximum Gasteiger partial charge on any atom is 0.298 e. The molecule has 0 radical (unpaired) electrons. The van der Waals surface area contributed by atoms with Gasteiger partial charge in [-0.3, -0.25) is 14.5 Å². The maximum absolute atomic E-state index is 11.8. The van der Waals surface area contributed by atoms with Crippen LogP contribution in [-0.2, 0) is 19.1 Å². The Morgan fingerprint density at radius 3 is 2.89 bits per heavy atom. The minimum Gasteiger partial charge on any atom is -0.433 e. The van der Waals surface area contributed by atoms with Crippen molar-refractivity contribution in [2.75, 3.05) is 26.3 Å². The Morgan fingerprint density at radius 2 is 2.26 bits per heavy atom. The van der Waals surface area contributed by atoms with Gasteiger partial charge < -0.3 is 26.3 Å².